The minimum Gasteiger partial charge on any atom is -0.756 e. The lowest BCUT2D eigenvalue weighted by Gasteiger charge is -2.29. The standard InChI is InChI=1S/C37H73N2O6P/c1-6-8-10-12-14-16-18-19-21-23-25-27-29-31-37(41)38-35(34-45-46(42,43)44-33-32-39(3,4)5)36(40)30-28-26-24-22-20-17-15-13-11-9-7-2/h24,26,28,30,35-36,40H,6-23,25,27,29,31-34H2,1-5H3,(H-,38,41,42,43)/b26-24+,30-28+/t35-,36+/m0/s1. The fourth-order valence-electron chi connectivity index (χ4n) is 5.15. The molecule has 0 fully saturated rings. The number of aliphatic hydroxyl groups excluding tert-OH is 1. The molecule has 0 aromatic heterocycles. The highest BCUT2D eigenvalue weighted by atomic mass is 31.2. The minimum absolute atomic E-state index is 0.00760. The number of likely N-dealkylation sites (N-methyl/N-ethyl adjacent to an activating group) is 1. The van der Waals surface area contributed by atoms with Crippen LogP contribution >= 0.6 is 7.82 Å². The monoisotopic (exact) mass is 673 g/mol. The Kier molecular flexibility index (Phi) is 29.4. The third-order valence-electron chi connectivity index (χ3n) is 8.22. The number of quaternary nitrogens is 1. The number of carbonyl (C=O) groups is 1. The van der Waals surface area contributed by atoms with E-state index in [9.17, 15) is 19.4 Å². The predicted octanol–water partition coefficient (Wildman–Crippen LogP) is 8.77. The van der Waals surface area contributed by atoms with E-state index in [1.807, 2.05) is 27.2 Å². The Morgan fingerprint density at radius 2 is 1.24 bits per heavy atom. The second-order valence-electron chi connectivity index (χ2n) is 14.0. The van der Waals surface area contributed by atoms with Gasteiger partial charge in [0.05, 0.1) is 39.9 Å². The van der Waals surface area contributed by atoms with E-state index in [-0.39, 0.29) is 12.5 Å². The zero-order chi connectivity index (χ0) is 34.4. The van der Waals surface area contributed by atoms with E-state index >= 15 is 0 Å². The van der Waals surface area contributed by atoms with Crippen LogP contribution in [0, 0.1) is 0 Å². The highest BCUT2D eigenvalue weighted by Crippen LogP contribution is 2.38. The lowest BCUT2D eigenvalue weighted by molar-refractivity contribution is -0.870. The van der Waals surface area contributed by atoms with Crippen LogP contribution in [0.25, 0.3) is 0 Å². The molecule has 272 valence electrons. The topological polar surface area (TPSA) is 108 Å². The lowest BCUT2D eigenvalue weighted by atomic mass is 10.0. The molecule has 0 rings (SSSR count). The van der Waals surface area contributed by atoms with Crippen LogP contribution < -0.4 is 10.2 Å². The summed E-state index contributed by atoms with van der Waals surface area (Å²) in [5, 5.41) is 13.6. The van der Waals surface area contributed by atoms with E-state index in [0.717, 1.165) is 32.1 Å². The van der Waals surface area contributed by atoms with E-state index in [1.54, 1.807) is 12.2 Å². The maximum atomic E-state index is 12.7. The molecule has 3 atom stereocenters. The molecule has 0 aliphatic heterocycles. The molecule has 8 nitrogen and oxygen atoms in total. The van der Waals surface area contributed by atoms with Crippen molar-refractivity contribution in [1.82, 2.24) is 5.32 Å². The van der Waals surface area contributed by atoms with Gasteiger partial charge >= 0.3 is 0 Å². The average molecular weight is 673 g/mol. The summed E-state index contributed by atoms with van der Waals surface area (Å²) in [4.78, 5) is 25.1. The van der Waals surface area contributed by atoms with Gasteiger partial charge in [-0.1, -0.05) is 154 Å². The number of nitrogens with zero attached hydrogens (tertiary/aromatic N) is 1. The van der Waals surface area contributed by atoms with Gasteiger partial charge in [0.1, 0.15) is 13.2 Å². The number of nitrogens with one attached hydrogen (secondary N) is 1. The zero-order valence-corrected chi connectivity index (χ0v) is 31.4. The number of rotatable bonds is 33. The second-order valence-corrected chi connectivity index (χ2v) is 15.4. The van der Waals surface area contributed by atoms with Crippen LogP contribution in [-0.4, -0.2) is 68.5 Å². The van der Waals surface area contributed by atoms with Gasteiger partial charge in [-0.3, -0.25) is 9.36 Å². The smallest absolute Gasteiger partial charge is 0.268 e. The molecular formula is C37H73N2O6P. The third-order valence-corrected chi connectivity index (χ3v) is 9.18. The quantitative estimate of drug-likeness (QED) is 0.0312. The number of allylic oxidation sites excluding steroid dienone is 3. The van der Waals surface area contributed by atoms with Crippen molar-refractivity contribution in [3.8, 4) is 0 Å². The number of unbranched alkanes of at least 4 members (excludes halogenated alkanes) is 19. The Morgan fingerprint density at radius 1 is 0.761 bits per heavy atom. The van der Waals surface area contributed by atoms with Gasteiger partial charge in [0.15, 0.2) is 0 Å². The van der Waals surface area contributed by atoms with Crippen molar-refractivity contribution in [2.75, 3.05) is 40.9 Å². The van der Waals surface area contributed by atoms with Crippen molar-refractivity contribution in [3.63, 3.8) is 0 Å². The fraction of sp³-hybridized carbons (Fsp3) is 0.865. The Balaban J connectivity index is 4.60. The average Bonchev–Trinajstić information content (AvgIpc) is 2.99. The Morgan fingerprint density at radius 3 is 1.74 bits per heavy atom. The maximum absolute atomic E-state index is 12.7. The summed E-state index contributed by atoms with van der Waals surface area (Å²) in [6.07, 6.45) is 32.3. The third kappa shape index (κ3) is 31.6. The zero-order valence-electron chi connectivity index (χ0n) is 30.5. The second kappa shape index (κ2) is 30.1. The van der Waals surface area contributed by atoms with Crippen molar-refractivity contribution < 1.29 is 32.9 Å². The van der Waals surface area contributed by atoms with Crippen LogP contribution in [0.15, 0.2) is 24.3 Å². The molecule has 0 bridgehead atoms. The SMILES string of the molecule is CCCCCCCCC/C=C/C=C/[C@@H](O)[C@H](COP(=O)([O-])OCC[N+](C)(C)C)NC(=O)CCCCCCCCCCCCCCC. The van der Waals surface area contributed by atoms with E-state index in [1.165, 1.54) is 103 Å². The van der Waals surface area contributed by atoms with Gasteiger partial charge < -0.3 is 28.8 Å². The van der Waals surface area contributed by atoms with Gasteiger partial charge in [-0.2, -0.15) is 0 Å². The number of phosphoric ester groups is 1. The first-order valence-corrected chi connectivity index (χ1v) is 20.2. The first kappa shape index (κ1) is 45.0. The van der Waals surface area contributed by atoms with Crippen molar-refractivity contribution in [3.05, 3.63) is 24.3 Å². The molecule has 0 aromatic carbocycles. The summed E-state index contributed by atoms with van der Waals surface area (Å²) in [5.41, 5.74) is 0. The minimum atomic E-state index is -4.58. The number of carbonyl (C=O) groups excluding carboxylic acids is 1. The molecule has 0 heterocycles. The summed E-state index contributed by atoms with van der Waals surface area (Å²) in [6, 6.07) is -0.911. The molecule has 0 radical (unpaired) electrons. The Bertz CT molecular complexity index is 814. The number of hydrogen-bond donors (Lipinski definition) is 2. The van der Waals surface area contributed by atoms with Crippen molar-refractivity contribution >= 4 is 13.7 Å². The van der Waals surface area contributed by atoms with Crippen LogP contribution in [0.3, 0.4) is 0 Å². The van der Waals surface area contributed by atoms with Crippen LogP contribution in [0.2, 0.25) is 0 Å². The molecule has 1 amide bonds. The number of phosphoric acid groups is 1. The van der Waals surface area contributed by atoms with E-state index in [2.05, 4.69) is 25.2 Å². The highest BCUT2D eigenvalue weighted by Gasteiger charge is 2.23. The maximum Gasteiger partial charge on any atom is 0.268 e. The van der Waals surface area contributed by atoms with Crippen LogP contribution in [0.1, 0.15) is 155 Å². The summed E-state index contributed by atoms with van der Waals surface area (Å²) in [5.74, 6) is -0.217. The summed E-state index contributed by atoms with van der Waals surface area (Å²) < 4.78 is 23.0. The van der Waals surface area contributed by atoms with E-state index in [0.29, 0.717) is 17.4 Å². The number of hydrogen-bond acceptors (Lipinski definition) is 6. The van der Waals surface area contributed by atoms with Gasteiger partial charge in [-0.05, 0) is 19.3 Å². The van der Waals surface area contributed by atoms with Gasteiger partial charge in [0.25, 0.3) is 7.82 Å². The van der Waals surface area contributed by atoms with E-state index < -0.39 is 26.6 Å². The van der Waals surface area contributed by atoms with Gasteiger partial charge in [-0.15, -0.1) is 0 Å². The van der Waals surface area contributed by atoms with Crippen LogP contribution in [0.5, 0.6) is 0 Å². The summed E-state index contributed by atoms with van der Waals surface area (Å²) >= 11 is 0. The Labute approximate surface area is 284 Å². The molecule has 9 heteroatoms. The highest BCUT2D eigenvalue weighted by molar-refractivity contribution is 7.45. The summed E-state index contributed by atoms with van der Waals surface area (Å²) in [6.45, 7) is 4.56. The molecule has 0 aromatic rings. The molecule has 1 unspecified atom stereocenters. The van der Waals surface area contributed by atoms with Crippen LogP contribution in [-0.2, 0) is 18.4 Å². The van der Waals surface area contributed by atoms with Crippen molar-refractivity contribution in [2.24, 2.45) is 0 Å². The number of amides is 1. The molecule has 0 aliphatic carbocycles. The summed E-state index contributed by atoms with van der Waals surface area (Å²) in [7, 11) is 1.23. The first-order valence-electron chi connectivity index (χ1n) is 18.7. The number of aliphatic hydroxyl groups is 1. The van der Waals surface area contributed by atoms with Crippen molar-refractivity contribution in [2.45, 2.75) is 167 Å². The molecule has 2 N–H and O–H groups in total. The molecular weight excluding hydrogens is 599 g/mol. The normalized spacial score (nSPS) is 15.0. The van der Waals surface area contributed by atoms with Crippen molar-refractivity contribution in [1.29, 1.82) is 0 Å². The van der Waals surface area contributed by atoms with Gasteiger partial charge in [-0.25, -0.2) is 0 Å². The first-order chi connectivity index (χ1) is 22.0. The predicted molar refractivity (Wildman–Crippen MR) is 192 cm³/mol. The largest absolute Gasteiger partial charge is 0.756 e. The van der Waals surface area contributed by atoms with Gasteiger partial charge in [0, 0.05) is 6.42 Å². The lowest BCUT2D eigenvalue weighted by Crippen LogP contribution is -2.45. The van der Waals surface area contributed by atoms with E-state index in [4.69, 9.17) is 9.05 Å². The van der Waals surface area contributed by atoms with Crippen LogP contribution in [0.4, 0.5) is 0 Å². The molecule has 0 saturated heterocycles. The Hall–Kier alpha value is -1.02. The molecule has 0 spiro atoms. The fourth-order valence-corrected chi connectivity index (χ4v) is 5.87. The van der Waals surface area contributed by atoms with Gasteiger partial charge in [0.2, 0.25) is 5.91 Å². The molecule has 0 saturated carbocycles. The molecule has 0 aliphatic rings. The molecule has 46 heavy (non-hydrogen) atoms.